The molecule has 3 rings (SSSR count). The molecule has 0 aliphatic carbocycles. The van der Waals surface area contributed by atoms with E-state index in [2.05, 4.69) is 47.1 Å². The van der Waals surface area contributed by atoms with Gasteiger partial charge in [0.15, 0.2) is 0 Å². The molecule has 0 unspecified atom stereocenters. The van der Waals surface area contributed by atoms with Crippen molar-refractivity contribution in [2.75, 3.05) is 18.0 Å². The van der Waals surface area contributed by atoms with Crippen LogP contribution in [0.1, 0.15) is 19.8 Å². The summed E-state index contributed by atoms with van der Waals surface area (Å²) in [5.74, 6) is 0.874. The minimum absolute atomic E-state index is 0.874. The molecule has 1 saturated heterocycles. The summed E-state index contributed by atoms with van der Waals surface area (Å²) in [7, 11) is 0. The summed E-state index contributed by atoms with van der Waals surface area (Å²) in [6, 6.07) is 10.6. The predicted molar refractivity (Wildman–Crippen MR) is 72.4 cm³/mol. The fraction of sp³-hybridized carbons (Fsp3) is 0.400. The maximum Gasteiger partial charge on any atom is 0.0722 e. The van der Waals surface area contributed by atoms with Crippen LogP contribution in [0, 0.1) is 5.92 Å². The van der Waals surface area contributed by atoms with E-state index in [1.54, 1.807) is 0 Å². The zero-order valence-corrected chi connectivity index (χ0v) is 10.3. The number of fused-ring (bicyclic) bond motifs is 1. The van der Waals surface area contributed by atoms with Gasteiger partial charge in [-0.1, -0.05) is 25.1 Å². The molecule has 2 nitrogen and oxygen atoms in total. The van der Waals surface area contributed by atoms with Crippen molar-refractivity contribution in [1.29, 1.82) is 0 Å². The molecule has 0 radical (unpaired) electrons. The van der Waals surface area contributed by atoms with Gasteiger partial charge >= 0.3 is 0 Å². The lowest BCUT2D eigenvalue weighted by Gasteiger charge is -2.32. The molecule has 1 aliphatic rings. The van der Waals surface area contributed by atoms with E-state index in [1.165, 1.54) is 37.0 Å². The Morgan fingerprint density at radius 2 is 1.88 bits per heavy atom. The SMILES string of the molecule is CC1CCN(c2ccnc3ccccc23)CC1. The summed E-state index contributed by atoms with van der Waals surface area (Å²) >= 11 is 0. The van der Waals surface area contributed by atoms with Crippen molar-refractivity contribution in [3.05, 3.63) is 36.5 Å². The number of benzene rings is 1. The van der Waals surface area contributed by atoms with Crippen LogP contribution in [0.25, 0.3) is 10.9 Å². The zero-order valence-electron chi connectivity index (χ0n) is 10.3. The molecule has 17 heavy (non-hydrogen) atoms. The van der Waals surface area contributed by atoms with Crippen LogP contribution in [0.15, 0.2) is 36.5 Å². The highest BCUT2D eigenvalue weighted by Crippen LogP contribution is 2.28. The maximum atomic E-state index is 4.42. The van der Waals surface area contributed by atoms with Gasteiger partial charge in [0.05, 0.1) is 5.52 Å². The van der Waals surface area contributed by atoms with Crippen molar-refractivity contribution < 1.29 is 0 Å². The van der Waals surface area contributed by atoms with Crippen molar-refractivity contribution in [2.45, 2.75) is 19.8 Å². The summed E-state index contributed by atoms with van der Waals surface area (Å²) in [6.45, 7) is 4.70. The second kappa shape index (κ2) is 4.36. The van der Waals surface area contributed by atoms with Crippen LogP contribution in [-0.2, 0) is 0 Å². The van der Waals surface area contributed by atoms with E-state index in [1.807, 2.05) is 6.20 Å². The Balaban J connectivity index is 2.00. The zero-order chi connectivity index (χ0) is 11.7. The molecule has 1 fully saturated rings. The van der Waals surface area contributed by atoms with E-state index in [0.29, 0.717) is 0 Å². The van der Waals surface area contributed by atoms with Crippen LogP contribution in [0.4, 0.5) is 5.69 Å². The minimum Gasteiger partial charge on any atom is -0.371 e. The molecule has 88 valence electrons. The molecule has 0 spiro atoms. The van der Waals surface area contributed by atoms with E-state index in [-0.39, 0.29) is 0 Å². The summed E-state index contributed by atoms with van der Waals surface area (Å²) in [5.41, 5.74) is 2.45. The normalized spacial score (nSPS) is 17.6. The number of rotatable bonds is 1. The number of nitrogens with zero attached hydrogens (tertiary/aromatic N) is 2. The average Bonchev–Trinajstić information content (AvgIpc) is 2.39. The Labute approximate surface area is 102 Å². The molecule has 0 bridgehead atoms. The summed E-state index contributed by atoms with van der Waals surface area (Å²) in [4.78, 5) is 6.93. The number of anilines is 1. The maximum absolute atomic E-state index is 4.42. The number of hydrogen-bond acceptors (Lipinski definition) is 2. The number of aromatic nitrogens is 1. The van der Waals surface area contributed by atoms with Crippen LogP contribution < -0.4 is 4.90 Å². The van der Waals surface area contributed by atoms with Gasteiger partial charge in [0.1, 0.15) is 0 Å². The number of hydrogen-bond donors (Lipinski definition) is 0. The van der Waals surface area contributed by atoms with Crippen molar-refractivity contribution >= 4 is 16.6 Å². The van der Waals surface area contributed by atoms with Crippen molar-refractivity contribution in [2.24, 2.45) is 5.92 Å². The predicted octanol–water partition coefficient (Wildman–Crippen LogP) is 3.47. The van der Waals surface area contributed by atoms with Gasteiger partial charge in [-0.15, -0.1) is 0 Å². The van der Waals surface area contributed by atoms with E-state index in [9.17, 15) is 0 Å². The molecule has 0 amide bonds. The molecular weight excluding hydrogens is 208 g/mol. The lowest BCUT2D eigenvalue weighted by atomic mass is 9.98. The van der Waals surface area contributed by atoms with Gasteiger partial charge < -0.3 is 4.90 Å². The van der Waals surface area contributed by atoms with Crippen molar-refractivity contribution in [3.8, 4) is 0 Å². The van der Waals surface area contributed by atoms with Crippen LogP contribution in [0.3, 0.4) is 0 Å². The van der Waals surface area contributed by atoms with Gasteiger partial charge in [-0.3, -0.25) is 4.98 Å². The highest BCUT2D eigenvalue weighted by molar-refractivity contribution is 5.91. The third-order valence-electron chi connectivity index (χ3n) is 3.75. The standard InChI is InChI=1S/C15H18N2/c1-12-7-10-17(11-8-12)15-6-9-16-14-5-3-2-4-13(14)15/h2-6,9,12H,7-8,10-11H2,1H3. The molecule has 0 N–H and O–H groups in total. The van der Waals surface area contributed by atoms with Gasteiger partial charge in [0.2, 0.25) is 0 Å². The Hall–Kier alpha value is -1.57. The van der Waals surface area contributed by atoms with Crippen LogP contribution in [-0.4, -0.2) is 18.1 Å². The highest BCUT2D eigenvalue weighted by Gasteiger charge is 2.17. The first-order chi connectivity index (χ1) is 8.34. The molecule has 1 aromatic carbocycles. The molecule has 2 heteroatoms. The van der Waals surface area contributed by atoms with Gasteiger partial charge in [0, 0.05) is 30.4 Å². The molecule has 1 aromatic heterocycles. The van der Waals surface area contributed by atoms with Gasteiger partial charge in [0.25, 0.3) is 0 Å². The minimum atomic E-state index is 0.874. The third kappa shape index (κ3) is 1.99. The summed E-state index contributed by atoms with van der Waals surface area (Å²) in [5, 5.41) is 1.28. The topological polar surface area (TPSA) is 16.1 Å². The monoisotopic (exact) mass is 226 g/mol. The molecule has 1 aliphatic heterocycles. The second-order valence-electron chi connectivity index (χ2n) is 5.02. The average molecular weight is 226 g/mol. The van der Waals surface area contributed by atoms with Gasteiger partial charge in [-0.2, -0.15) is 0 Å². The number of pyridine rings is 1. The lowest BCUT2D eigenvalue weighted by molar-refractivity contribution is 0.439. The highest BCUT2D eigenvalue weighted by atomic mass is 15.1. The van der Waals surface area contributed by atoms with E-state index in [0.717, 1.165) is 11.4 Å². The van der Waals surface area contributed by atoms with E-state index >= 15 is 0 Å². The molecular formula is C15H18N2. The van der Waals surface area contributed by atoms with Gasteiger partial charge in [-0.05, 0) is 30.9 Å². The first kappa shape index (κ1) is 10.6. The van der Waals surface area contributed by atoms with Crippen molar-refractivity contribution in [1.82, 2.24) is 4.98 Å². The van der Waals surface area contributed by atoms with E-state index < -0.39 is 0 Å². The Kier molecular flexibility index (Phi) is 2.71. The third-order valence-corrected chi connectivity index (χ3v) is 3.75. The number of para-hydroxylation sites is 1. The summed E-state index contributed by atoms with van der Waals surface area (Å²) < 4.78 is 0. The second-order valence-corrected chi connectivity index (χ2v) is 5.02. The first-order valence-electron chi connectivity index (χ1n) is 6.43. The van der Waals surface area contributed by atoms with Crippen LogP contribution >= 0.6 is 0 Å². The Morgan fingerprint density at radius 3 is 2.71 bits per heavy atom. The molecule has 2 heterocycles. The first-order valence-corrected chi connectivity index (χ1v) is 6.43. The molecule has 2 aromatic rings. The quantitative estimate of drug-likeness (QED) is 0.740. The van der Waals surface area contributed by atoms with Gasteiger partial charge in [-0.25, -0.2) is 0 Å². The largest absolute Gasteiger partial charge is 0.371 e. The molecule has 0 atom stereocenters. The number of piperidine rings is 1. The molecule has 0 saturated carbocycles. The lowest BCUT2D eigenvalue weighted by Crippen LogP contribution is -2.32. The Bertz CT molecular complexity index is 508. The van der Waals surface area contributed by atoms with Crippen LogP contribution in [0.5, 0.6) is 0 Å². The smallest absolute Gasteiger partial charge is 0.0722 e. The fourth-order valence-electron chi connectivity index (χ4n) is 2.61. The fourth-order valence-corrected chi connectivity index (χ4v) is 2.61. The van der Waals surface area contributed by atoms with E-state index in [4.69, 9.17) is 0 Å². The summed E-state index contributed by atoms with van der Waals surface area (Å²) in [6.07, 6.45) is 4.53. The Morgan fingerprint density at radius 1 is 1.12 bits per heavy atom. The van der Waals surface area contributed by atoms with Crippen LogP contribution in [0.2, 0.25) is 0 Å². The van der Waals surface area contributed by atoms with Crippen molar-refractivity contribution in [3.63, 3.8) is 0 Å².